The summed E-state index contributed by atoms with van der Waals surface area (Å²) < 4.78 is 4.08. The molecular weight excluding hydrogens is 319 g/mol. The van der Waals surface area contributed by atoms with Gasteiger partial charge in [-0.25, -0.2) is 0 Å². The van der Waals surface area contributed by atoms with Crippen molar-refractivity contribution in [2.75, 3.05) is 0 Å². The molecule has 0 aromatic heterocycles. The molecule has 0 aromatic carbocycles. The van der Waals surface area contributed by atoms with Crippen molar-refractivity contribution >= 4 is 0 Å². The number of unbranched alkanes of at least 4 members (excludes halogenated alkanes) is 15. The molecule has 0 saturated carbocycles. The van der Waals surface area contributed by atoms with Crippen LogP contribution in [0.2, 0.25) is 8.76 Å². The van der Waals surface area contributed by atoms with Gasteiger partial charge in [-0.15, -0.1) is 0 Å². The standard InChI is InChI=1S/C18H37.CH3.Zr/c1-3-5-7-9-11-13-15-17-18-16-14-12-10-8-6-4-2;;/h1,3-18H2,2H3;1H3;. The molecule has 0 aliphatic heterocycles. The van der Waals surface area contributed by atoms with Gasteiger partial charge in [0.05, 0.1) is 0 Å². The summed E-state index contributed by atoms with van der Waals surface area (Å²) in [7, 11) is 0. The van der Waals surface area contributed by atoms with Crippen molar-refractivity contribution in [3.05, 3.63) is 0 Å². The van der Waals surface area contributed by atoms with Crippen LogP contribution in [0.3, 0.4) is 0 Å². The third-order valence-electron chi connectivity index (χ3n) is 4.28. The van der Waals surface area contributed by atoms with Crippen LogP contribution in [-0.4, -0.2) is 0 Å². The van der Waals surface area contributed by atoms with E-state index in [1.54, 1.807) is 10.5 Å². The summed E-state index contributed by atoms with van der Waals surface area (Å²) >= 11 is 0.120. The van der Waals surface area contributed by atoms with Gasteiger partial charge in [-0.05, 0) is 0 Å². The molecule has 20 heavy (non-hydrogen) atoms. The van der Waals surface area contributed by atoms with Crippen molar-refractivity contribution in [2.45, 2.75) is 118 Å². The van der Waals surface area contributed by atoms with E-state index in [9.17, 15) is 0 Å². The van der Waals surface area contributed by atoms with E-state index >= 15 is 0 Å². The Morgan fingerprint density at radius 1 is 0.450 bits per heavy atom. The average Bonchev–Trinajstić information content (AvgIpc) is 2.47. The second kappa shape index (κ2) is 19.9. The molecule has 0 nitrogen and oxygen atoms in total. The van der Waals surface area contributed by atoms with Gasteiger partial charge in [0.25, 0.3) is 0 Å². The third-order valence-corrected chi connectivity index (χ3v) is 6.38. The molecule has 0 heterocycles. The van der Waals surface area contributed by atoms with Gasteiger partial charge in [0.1, 0.15) is 0 Å². The summed E-state index contributed by atoms with van der Waals surface area (Å²) in [6.07, 6.45) is 23.8. The molecule has 0 radical (unpaired) electrons. The number of hydrogen-bond acceptors (Lipinski definition) is 0. The van der Waals surface area contributed by atoms with E-state index < -0.39 is 0 Å². The monoisotopic (exact) mass is 358 g/mol. The molecular formula is C19H40Zr. The van der Waals surface area contributed by atoms with Gasteiger partial charge in [-0.2, -0.15) is 0 Å². The van der Waals surface area contributed by atoms with Crippen LogP contribution in [0.5, 0.6) is 0 Å². The first-order chi connectivity index (χ1) is 9.91. The normalized spacial score (nSPS) is 10.9. The van der Waals surface area contributed by atoms with E-state index in [0.29, 0.717) is 0 Å². The van der Waals surface area contributed by atoms with Gasteiger partial charge < -0.3 is 0 Å². The molecule has 0 bridgehead atoms. The van der Waals surface area contributed by atoms with Crippen LogP contribution < -0.4 is 0 Å². The Morgan fingerprint density at radius 3 is 1.05 bits per heavy atom. The molecule has 0 rings (SSSR count). The molecule has 0 amide bonds. The van der Waals surface area contributed by atoms with Crippen LogP contribution in [0.4, 0.5) is 0 Å². The first kappa shape index (κ1) is 20.9. The van der Waals surface area contributed by atoms with Crippen LogP contribution in [0.15, 0.2) is 0 Å². The summed E-state index contributed by atoms with van der Waals surface area (Å²) in [4.78, 5) is 0. The second-order valence-electron chi connectivity index (χ2n) is 6.41. The van der Waals surface area contributed by atoms with E-state index in [0.717, 1.165) is 0 Å². The van der Waals surface area contributed by atoms with Crippen LogP contribution in [-0.2, 0) is 23.2 Å². The fourth-order valence-electron chi connectivity index (χ4n) is 2.85. The first-order valence-corrected chi connectivity index (χ1v) is 13.8. The molecule has 0 saturated heterocycles. The fourth-order valence-corrected chi connectivity index (χ4v) is 4.33. The Kier molecular flexibility index (Phi) is 20.8. The second-order valence-corrected chi connectivity index (χ2v) is 9.37. The Hall–Kier alpha value is 0.883. The molecule has 120 valence electrons. The molecule has 0 unspecified atom stereocenters. The predicted octanol–water partition coefficient (Wildman–Crippen LogP) is 7.80. The molecule has 0 atom stereocenters. The van der Waals surface area contributed by atoms with Crippen molar-refractivity contribution < 1.29 is 23.2 Å². The van der Waals surface area contributed by atoms with E-state index in [2.05, 4.69) is 11.6 Å². The zero-order chi connectivity index (χ0) is 14.7. The summed E-state index contributed by atoms with van der Waals surface area (Å²) in [6, 6.07) is 0. The van der Waals surface area contributed by atoms with Crippen LogP contribution in [0.25, 0.3) is 0 Å². The Balaban J connectivity index is 2.89. The van der Waals surface area contributed by atoms with Crippen molar-refractivity contribution in [1.82, 2.24) is 0 Å². The topological polar surface area (TPSA) is 0 Å². The van der Waals surface area contributed by atoms with Gasteiger partial charge in [-0.1, -0.05) is 39.0 Å². The van der Waals surface area contributed by atoms with Crippen LogP contribution >= 0.6 is 0 Å². The molecule has 0 aliphatic carbocycles. The average molecular weight is 360 g/mol. The van der Waals surface area contributed by atoms with E-state index in [1.807, 2.05) is 0 Å². The van der Waals surface area contributed by atoms with Crippen molar-refractivity contribution in [1.29, 1.82) is 0 Å². The van der Waals surface area contributed by atoms with Crippen molar-refractivity contribution in [3.63, 3.8) is 0 Å². The fraction of sp³-hybridized carbons (Fsp3) is 1.00. The zero-order valence-electron chi connectivity index (χ0n) is 14.5. The predicted molar refractivity (Wildman–Crippen MR) is 90.2 cm³/mol. The molecule has 0 N–H and O–H groups in total. The summed E-state index contributed by atoms with van der Waals surface area (Å²) in [5, 5.41) is 0. The van der Waals surface area contributed by atoms with Gasteiger partial charge in [0.2, 0.25) is 0 Å². The summed E-state index contributed by atoms with van der Waals surface area (Å²) in [6.45, 7) is 2.30. The number of hydrogen-bond donors (Lipinski definition) is 0. The summed E-state index contributed by atoms with van der Waals surface area (Å²) in [5.41, 5.74) is 0. The Bertz CT molecular complexity index is 138. The van der Waals surface area contributed by atoms with E-state index in [-0.39, 0.29) is 23.2 Å². The molecule has 0 spiro atoms. The molecule has 0 aromatic rings. The minimum atomic E-state index is 0.120. The van der Waals surface area contributed by atoms with Gasteiger partial charge in [0.15, 0.2) is 0 Å². The minimum absolute atomic E-state index is 0.120. The third kappa shape index (κ3) is 18.9. The number of rotatable bonds is 17. The van der Waals surface area contributed by atoms with Gasteiger partial charge >= 0.3 is 103 Å². The Labute approximate surface area is 141 Å². The van der Waals surface area contributed by atoms with E-state index in [4.69, 9.17) is 0 Å². The van der Waals surface area contributed by atoms with Gasteiger partial charge in [0, 0.05) is 0 Å². The van der Waals surface area contributed by atoms with Crippen molar-refractivity contribution in [2.24, 2.45) is 0 Å². The van der Waals surface area contributed by atoms with Crippen LogP contribution in [0.1, 0.15) is 110 Å². The maximum atomic E-state index is 2.47. The maximum absolute atomic E-state index is 2.47. The SMILES string of the molecule is CCCCCCCCCCCCCCCCC[CH2][Zr][CH3]. The first-order valence-electron chi connectivity index (χ1n) is 9.56. The van der Waals surface area contributed by atoms with Gasteiger partial charge in [-0.3, -0.25) is 0 Å². The zero-order valence-corrected chi connectivity index (χ0v) is 17.0. The molecule has 0 fully saturated rings. The van der Waals surface area contributed by atoms with Crippen LogP contribution in [0, 0.1) is 0 Å². The van der Waals surface area contributed by atoms with Crippen molar-refractivity contribution in [3.8, 4) is 0 Å². The molecule has 0 aliphatic rings. The quantitative estimate of drug-likeness (QED) is 0.232. The molecule has 1 heteroatoms. The van der Waals surface area contributed by atoms with E-state index in [1.165, 1.54) is 96.3 Å². The summed E-state index contributed by atoms with van der Waals surface area (Å²) in [5.74, 6) is 0. The Morgan fingerprint density at radius 2 is 0.750 bits per heavy atom.